The Morgan fingerprint density at radius 2 is 2.05 bits per heavy atom. The summed E-state index contributed by atoms with van der Waals surface area (Å²) in [6.07, 6.45) is 3.52. The lowest BCUT2D eigenvalue weighted by Gasteiger charge is -2.12. The first-order chi connectivity index (χ1) is 9.08. The molecule has 1 N–H and O–H groups in total. The Balaban J connectivity index is 2.04. The molecule has 0 aromatic carbocycles. The molecule has 2 aromatic heterocycles. The van der Waals surface area contributed by atoms with Gasteiger partial charge in [-0.05, 0) is 39.0 Å². The summed E-state index contributed by atoms with van der Waals surface area (Å²) >= 11 is 0. The van der Waals surface area contributed by atoms with Crippen LogP contribution in [0.25, 0.3) is 0 Å². The summed E-state index contributed by atoms with van der Waals surface area (Å²) in [6, 6.07) is 7.46. The van der Waals surface area contributed by atoms with Gasteiger partial charge in [0.1, 0.15) is 5.69 Å². The Hall–Kier alpha value is -2.17. The molecule has 0 saturated heterocycles. The number of rotatable bonds is 4. The number of carbonyl (C=O) groups is 1. The molecule has 2 rings (SSSR count). The molecule has 5 nitrogen and oxygen atoms in total. The number of amides is 1. The SMILES string of the molecule is CC(C)n1ccc(C(=O)N[C@@H](C)c2ccccn2)n1. The number of hydrogen-bond donors (Lipinski definition) is 1. The number of pyridine rings is 1. The molecular formula is C14H18N4O. The van der Waals surface area contributed by atoms with E-state index in [1.165, 1.54) is 0 Å². The summed E-state index contributed by atoms with van der Waals surface area (Å²) in [5.74, 6) is -0.183. The monoisotopic (exact) mass is 258 g/mol. The van der Waals surface area contributed by atoms with Gasteiger partial charge in [-0.15, -0.1) is 0 Å². The van der Waals surface area contributed by atoms with Crippen molar-refractivity contribution in [2.24, 2.45) is 0 Å². The van der Waals surface area contributed by atoms with E-state index in [0.29, 0.717) is 5.69 Å². The van der Waals surface area contributed by atoms with E-state index in [4.69, 9.17) is 0 Å². The number of carbonyl (C=O) groups excluding carboxylic acids is 1. The minimum atomic E-state index is -0.183. The van der Waals surface area contributed by atoms with Crippen LogP contribution in [0.1, 0.15) is 49.0 Å². The van der Waals surface area contributed by atoms with E-state index in [2.05, 4.69) is 15.4 Å². The van der Waals surface area contributed by atoms with Gasteiger partial charge in [0, 0.05) is 18.4 Å². The van der Waals surface area contributed by atoms with Crippen molar-refractivity contribution in [3.8, 4) is 0 Å². The topological polar surface area (TPSA) is 59.8 Å². The highest BCUT2D eigenvalue weighted by molar-refractivity contribution is 5.92. The third kappa shape index (κ3) is 3.19. The van der Waals surface area contributed by atoms with Crippen LogP contribution in [0.2, 0.25) is 0 Å². The first-order valence-electron chi connectivity index (χ1n) is 6.35. The van der Waals surface area contributed by atoms with Gasteiger partial charge in [-0.1, -0.05) is 6.07 Å². The van der Waals surface area contributed by atoms with Gasteiger partial charge < -0.3 is 5.32 Å². The molecule has 0 aliphatic rings. The Labute approximate surface area is 112 Å². The van der Waals surface area contributed by atoms with E-state index in [0.717, 1.165) is 5.69 Å². The summed E-state index contributed by atoms with van der Waals surface area (Å²) in [7, 11) is 0. The third-order valence-corrected chi connectivity index (χ3v) is 2.85. The molecule has 5 heteroatoms. The molecule has 0 aliphatic carbocycles. The van der Waals surface area contributed by atoms with Crippen LogP contribution in [-0.4, -0.2) is 20.7 Å². The normalized spacial score (nSPS) is 12.4. The van der Waals surface area contributed by atoms with E-state index in [1.54, 1.807) is 16.9 Å². The van der Waals surface area contributed by atoms with Crippen molar-refractivity contribution in [3.63, 3.8) is 0 Å². The molecule has 2 heterocycles. The van der Waals surface area contributed by atoms with Crippen LogP contribution in [0.5, 0.6) is 0 Å². The fourth-order valence-electron chi connectivity index (χ4n) is 1.72. The molecule has 0 unspecified atom stereocenters. The molecular weight excluding hydrogens is 240 g/mol. The minimum Gasteiger partial charge on any atom is -0.343 e. The Kier molecular flexibility index (Phi) is 3.94. The van der Waals surface area contributed by atoms with Crippen molar-refractivity contribution in [3.05, 3.63) is 48.0 Å². The first-order valence-corrected chi connectivity index (χ1v) is 6.35. The lowest BCUT2D eigenvalue weighted by atomic mass is 10.2. The van der Waals surface area contributed by atoms with E-state index < -0.39 is 0 Å². The minimum absolute atomic E-state index is 0.141. The highest BCUT2D eigenvalue weighted by Gasteiger charge is 2.14. The van der Waals surface area contributed by atoms with Gasteiger partial charge in [0.25, 0.3) is 5.91 Å². The van der Waals surface area contributed by atoms with Gasteiger partial charge in [-0.3, -0.25) is 14.5 Å². The zero-order valence-electron chi connectivity index (χ0n) is 11.4. The molecule has 100 valence electrons. The molecule has 0 aliphatic heterocycles. The third-order valence-electron chi connectivity index (χ3n) is 2.85. The standard InChI is InChI=1S/C14H18N4O/c1-10(2)18-9-7-13(17-18)14(19)16-11(3)12-6-4-5-8-15-12/h4-11H,1-3H3,(H,16,19)/t11-/m0/s1. The van der Waals surface area contributed by atoms with Crippen LogP contribution in [0.3, 0.4) is 0 Å². The van der Waals surface area contributed by atoms with Crippen molar-refractivity contribution < 1.29 is 4.79 Å². The van der Waals surface area contributed by atoms with Crippen LogP contribution >= 0.6 is 0 Å². The maximum atomic E-state index is 12.0. The van der Waals surface area contributed by atoms with Crippen LogP contribution in [0.15, 0.2) is 36.7 Å². The van der Waals surface area contributed by atoms with Crippen LogP contribution in [-0.2, 0) is 0 Å². The van der Waals surface area contributed by atoms with Crippen LogP contribution in [0, 0.1) is 0 Å². The number of nitrogens with zero attached hydrogens (tertiary/aromatic N) is 3. The van der Waals surface area contributed by atoms with E-state index in [9.17, 15) is 4.79 Å². The lowest BCUT2D eigenvalue weighted by molar-refractivity contribution is 0.0933. The lowest BCUT2D eigenvalue weighted by Crippen LogP contribution is -2.27. The van der Waals surface area contributed by atoms with E-state index >= 15 is 0 Å². The highest BCUT2D eigenvalue weighted by Crippen LogP contribution is 2.10. The Morgan fingerprint density at radius 3 is 2.63 bits per heavy atom. The second kappa shape index (κ2) is 5.65. The van der Waals surface area contributed by atoms with Gasteiger partial charge in [0.15, 0.2) is 0 Å². The highest BCUT2D eigenvalue weighted by atomic mass is 16.2. The molecule has 1 amide bonds. The smallest absolute Gasteiger partial charge is 0.272 e. The molecule has 0 spiro atoms. The van der Waals surface area contributed by atoms with Crippen molar-refractivity contribution >= 4 is 5.91 Å². The quantitative estimate of drug-likeness (QED) is 0.915. The molecule has 19 heavy (non-hydrogen) atoms. The summed E-state index contributed by atoms with van der Waals surface area (Å²) in [5.41, 5.74) is 1.26. The molecule has 1 atom stereocenters. The second-order valence-corrected chi connectivity index (χ2v) is 4.72. The molecule has 0 saturated carbocycles. The molecule has 0 fully saturated rings. The van der Waals surface area contributed by atoms with E-state index in [-0.39, 0.29) is 18.0 Å². The maximum Gasteiger partial charge on any atom is 0.272 e. The average Bonchev–Trinajstić information content (AvgIpc) is 2.89. The van der Waals surface area contributed by atoms with Gasteiger partial charge in [-0.2, -0.15) is 5.10 Å². The van der Waals surface area contributed by atoms with Gasteiger partial charge in [0.05, 0.1) is 11.7 Å². The van der Waals surface area contributed by atoms with Crippen LogP contribution < -0.4 is 5.32 Å². The van der Waals surface area contributed by atoms with Crippen molar-refractivity contribution in [2.45, 2.75) is 32.9 Å². The fourth-order valence-corrected chi connectivity index (χ4v) is 1.72. The number of aromatic nitrogens is 3. The zero-order chi connectivity index (χ0) is 13.8. The fraction of sp³-hybridized carbons (Fsp3) is 0.357. The van der Waals surface area contributed by atoms with Gasteiger partial charge >= 0.3 is 0 Å². The van der Waals surface area contributed by atoms with Gasteiger partial charge in [-0.25, -0.2) is 0 Å². The largest absolute Gasteiger partial charge is 0.343 e. The Morgan fingerprint density at radius 1 is 1.26 bits per heavy atom. The maximum absolute atomic E-state index is 12.0. The molecule has 2 aromatic rings. The summed E-state index contributed by atoms with van der Waals surface area (Å²) in [6.45, 7) is 5.94. The van der Waals surface area contributed by atoms with E-state index in [1.807, 2.05) is 45.2 Å². The van der Waals surface area contributed by atoms with Crippen LogP contribution in [0.4, 0.5) is 0 Å². The van der Waals surface area contributed by atoms with Gasteiger partial charge in [0.2, 0.25) is 0 Å². The van der Waals surface area contributed by atoms with Crippen molar-refractivity contribution in [1.82, 2.24) is 20.1 Å². The average molecular weight is 258 g/mol. The summed E-state index contributed by atoms with van der Waals surface area (Å²) in [5, 5.41) is 7.13. The molecule has 0 bridgehead atoms. The van der Waals surface area contributed by atoms with Crippen molar-refractivity contribution in [1.29, 1.82) is 0 Å². The first kappa shape index (κ1) is 13.3. The number of nitrogens with one attached hydrogen (secondary N) is 1. The summed E-state index contributed by atoms with van der Waals surface area (Å²) < 4.78 is 1.76. The predicted molar refractivity (Wildman–Crippen MR) is 72.7 cm³/mol. The predicted octanol–water partition coefficient (Wildman–Crippen LogP) is 2.35. The van der Waals surface area contributed by atoms with Crippen molar-refractivity contribution in [2.75, 3.05) is 0 Å². The summed E-state index contributed by atoms with van der Waals surface area (Å²) in [4.78, 5) is 16.3. The zero-order valence-corrected chi connectivity index (χ0v) is 11.4. The Bertz CT molecular complexity index is 548. The number of hydrogen-bond acceptors (Lipinski definition) is 3. The second-order valence-electron chi connectivity index (χ2n) is 4.72. The molecule has 0 radical (unpaired) electrons.